The Morgan fingerprint density at radius 2 is 1.83 bits per heavy atom. The Morgan fingerprint density at radius 1 is 1.42 bits per heavy atom. The van der Waals surface area contributed by atoms with Gasteiger partial charge in [-0.15, -0.1) is 13.2 Å². The van der Waals surface area contributed by atoms with Crippen molar-refractivity contribution >= 4 is 46.0 Å². The van der Waals surface area contributed by atoms with E-state index in [1.54, 1.807) is 46.0 Å². The van der Waals surface area contributed by atoms with E-state index in [1.807, 2.05) is 19.9 Å². The predicted molar refractivity (Wildman–Crippen MR) is 66.4 cm³/mol. The van der Waals surface area contributed by atoms with E-state index in [2.05, 4.69) is 19.7 Å². The van der Waals surface area contributed by atoms with Crippen molar-refractivity contribution in [2.45, 2.75) is 13.8 Å². The van der Waals surface area contributed by atoms with Crippen LogP contribution in [0.4, 0.5) is 0 Å². The van der Waals surface area contributed by atoms with Crippen LogP contribution in [0.3, 0.4) is 0 Å². The molecule has 0 aliphatic rings. The van der Waals surface area contributed by atoms with E-state index in [-0.39, 0.29) is 0 Å². The highest BCUT2D eigenvalue weighted by molar-refractivity contribution is 14.2. The molecule has 0 saturated heterocycles. The van der Waals surface area contributed by atoms with Crippen LogP contribution in [-0.4, -0.2) is 5.16 Å². The van der Waals surface area contributed by atoms with Gasteiger partial charge in [0.2, 0.25) is 0 Å². The highest BCUT2D eigenvalue weighted by Gasteiger charge is 1.88. The van der Waals surface area contributed by atoms with Gasteiger partial charge in [0, 0.05) is 6.07 Å². The fourth-order valence-corrected chi connectivity index (χ4v) is 0.491. The molecule has 0 radical (unpaired) electrons. The normalized spacial score (nSPS) is 7.33. The minimum absolute atomic E-state index is 0.873. The molecule has 5 heteroatoms. The second-order valence-electron chi connectivity index (χ2n) is 1.64. The van der Waals surface area contributed by atoms with Crippen LogP contribution in [0.5, 0.6) is 0 Å². The van der Waals surface area contributed by atoms with Gasteiger partial charge >= 0.3 is 0 Å². The third-order valence-corrected chi connectivity index (χ3v) is 0.746. The van der Waals surface area contributed by atoms with Gasteiger partial charge in [0.05, 0.1) is 5.69 Å². The largest absolute Gasteiger partial charge is 0.361 e. The van der Waals surface area contributed by atoms with Gasteiger partial charge in [0.1, 0.15) is 51.8 Å². The summed E-state index contributed by atoms with van der Waals surface area (Å²) >= 11 is 3.55. The Hall–Kier alpha value is 0.370. The van der Waals surface area contributed by atoms with Crippen LogP contribution >= 0.6 is 46.0 Å². The lowest BCUT2D eigenvalue weighted by molar-refractivity contribution is 0.393. The summed E-state index contributed by atoms with van der Waals surface area (Å²) in [6.45, 7) is 9.77. The van der Waals surface area contributed by atoms with Crippen LogP contribution in [0.2, 0.25) is 0 Å². The molecule has 0 fully saturated rings. The highest BCUT2D eigenvalue weighted by Crippen LogP contribution is 1.97. The first kappa shape index (κ1) is 14.9. The number of rotatable bonds is 0. The monoisotopic (exact) mass is 395 g/mol. The summed E-state index contributed by atoms with van der Waals surface area (Å²) in [5, 5.41) is 3.64. The fraction of sp³-hybridized carbons (Fsp3) is 0.286. The van der Waals surface area contributed by atoms with Crippen molar-refractivity contribution in [2.24, 2.45) is 0 Å². The zero-order valence-corrected chi connectivity index (χ0v) is 11.3. The van der Waals surface area contributed by atoms with E-state index in [4.69, 9.17) is 4.52 Å². The van der Waals surface area contributed by atoms with Crippen molar-refractivity contribution in [1.29, 1.82) is 0 Å². The number of aromatic nitrogens is 1. The molecule has 0 saturated carbocycles. The predicted octanol–water partition coefficient (Wildman–Crippen LogP) is 3.80. The SMILES string of the molecule is C=C.Cc1cc(C)on1.IOI. The zero-order chi connectivity index (χ0) is 9.98. The number of aryl methyl sites for hydroxylation is 2. The first-order valence-corrected chi connectivity index (χ1v) is 4.76. The van der Waals surface area contributed by atoms with Gasteiger partial charge in [-0.2, -0.15) is 0 Å². The first-order valence-electron chi connectivity index (χ1n) is 3.00. The molecule has 1 aromatic rings. The average Bonchev–Trinajstić information content (AvgIpc) is 2.40. The van der Waals surface area contributed by atoms with E-state index in [1.165, 1.54) is 0 Å². The van der Waals surface area contributed by atoms with Crippen molar-refractivity contribution in [3.63, 3.8) is 0 Å². The van der Waals surface area contributed by atoms with E-state index < -0.39 is 0 Å². The van der Waals surface area contributed by atoms with Gasteiger partial charge in [-0.1, -0.05) is 5.16 Å². The molecular weight excluding hydrogens is 384 g/mol. The van der Waals surface area contributed by atoms with Crippen molar-refractivity contribution in [3.8, 4) is 0 Å². The average molecular weight is 395 g/mol. The molecule has 0 N–H and O–H groups in total. The molecule has 3 nitrogen and oxygen atoms in total. The smallest absolute Gasteiger partial charge is 0.133 e. The Labute approximate surface area is 101 Å². The Balaban J connectivity index is 0. The van der Waals surface area contributed by atoms with Crippen molar-refractivity contribution in [3.05, 3.63) is 30.7 Å². The maximum absolute atomic E-state index is 4.71. The topological polar surface area (TPSA) is 35.3 Å². The van der Waals surface area contributed by atoms with Gasteiger partial charge in [0.15, 0.2) is 0 Å². The summed E-state index contributed by atoms with van der Waals surface area (Å²) in [4.78, 5) is 0. The molecule has 0 aliphatic heterocycles. The van der Waals surface area contributed by atoms with E-state index in [9.17, 15) is 0 Å². The molecule has 0 amide bonds. The number of hydrogen-bond acceptors (Lipinski definition) is 3. The molecule has 0 unspecified atom stereocenters. The van der Waals surface area contributed by atoms with Gasteiger partial charge in [-0.05, 0) is 13.8 Å². The summed E-state index contributed by atoms with van der Waals surface area (Å²) < 4.78 is 8.90. The first-order chi connectivity index (χ1) is 5.70. The number of nitrogens with zero attached hydrogens (tertiary/aromatic N) is 1. The molecule has 0 aliphatic carbocycles. The summed E-state index contributed by atoms with van der Waals surface area (Å²) in [5.74, 6) is 0.873. The molecule has 1 rings (SSSR count). The third-order valence-electron chi connectivity index (χ3n) is 0.746. The standard InChI is InChI=1S/C5H7NO.C2H4.I2O/c1-4-3-5(2)7-6-4;1-2;1-3-2/h3H,1-2H3;1-2H2;. The molecule has 0 spiro atoms. The van der Waals surface area contributed by atoms with E-state index >= 15 is 0 Å². The second kappa shape index (κ2) is 11.4. The van der Waals surface area contributed by atoms with Crippen molar-refractivity contribution in [1.82, 2.24) is 5.16 Å². The molecular formula is C7H11I2NO2. The van der Waals surface area contributed by atoms with Crippen LogP contribution in [-0.2, 0) is 1.40 Å². The quantitative estimate of drug-likeness (QED) is 0.496. The van der Waals surface area contributed by atoms with Crippen LogP contribution in [0.15, 0.2) is 23.7 Å². The van der Waals surface area contributed by atoms with E-state index in [0.29, 0.717) is 0 Å². The molecule has 1 aromatic heterocycles. The number of hydrogen-bond donors (Lipinski definition) is 0. The molecule has 12 heavy (non-hydrogen) atoms. The van der Waals surface area contributed by atoms with Crippen molar-refractivity contribution in [2.75, 3.05) is 0 Å². The summed E-state index contributed by atoms with van der Waals surface area (Å²) in [6.07, 6.45) is 0. The van der Waals surface area contributed by atoms with Gasteiger partial charge in [-0.3, -0.25) is 0 Å². The maximum atomic E-state index is 4.71. The summed E-state index contributed by atoms with van der Waals surface area (Å²) in [6, 6.07) is 1.89. The molecule has 0 atom stereocenters. The molecule has 0 aromatic carbocycles. The fourth-order valence-electron chi connectivity index (χ4n) is 0.491. The van der Waals surface area contributed by atoms with Gasteiger partial charge in [0.25, 0.3) is 0 Å². The lowest BCUT2D eigenvalue weighted by atomic mass is 10.4. The van der Waals surface area contributed by atoms with Gasteiger partial charge < -0.3 is 4.52 Å². The van der Waals surface area contributed by atoms with E-state index in [0.717, 1.165) is 11.5 Å². The Kier molecular flexibility index (Phi) is 14.1. The van der Waals surface area contributed by atoms with Crippen LogP contribution < -0.4 is 0 Å². The Morgan fingerprint density at radius 3 is 1.92 bits per heavy atom. The summed E-state index contributed by atoms with van der Waals surface area (Å²) in [7, 11) is 0. The maximum Gasteiger partial charge on any atom is 0.133 e. The molecule has 0 bridgehead atoms. The minimum atomic E-state index is 0.873. The third kappa shape index (κ3) is 10.4. The van der Waals surface area contributed by atoms with Crippen LogP contribution in [0, 0.1) is 13.8 Å². The van der Waals surface area contributed by atoms with Gasteiger partial charge in [-0.25, -0.2) is 1.40 Å². The lowest BCUT2D eigenvalue weighted by Crippen LogP contribution is -1.59. The van der Waals surface area contributed by atoms with Crippen molar-refractivity contribution < 1.29 is 5.92 Å². The second-order valence-corrected chi connectivity index (χ2v) is 4.20. The minimum Gasteiger partial charge on any atom is -0.361 e. The molecule has 70 valence electrons. The Bertz CT molecular complexity index is 175. The molecule has 1 heterocycles. The van der Waals surface area contributed by atoms with Crippen LogP contribution in [0.25, 0.3) is 0 Å². The lowest BCUT2D eigenvalue weighted by Gasteiger charge is -1.65. The zero-order valence-electron chi connectivity index (χ0n) is 7.01. The van der Waals surface area contributed by atoms with Crippen LogP contribution in [0.1, 0.15) is 11.5 Å². The number of halogens is 2. The summed E-state index contributed by atoms with van der Waals surface area (Å²) in [5.41, 5.74) is 0.942. The highest BCUT2D eigenvalue weighted by atomic mass is 127.